The topological polar surface area (TPSA) is 42.9 Å². The molecule has 2 fully saturated rings. The average molecular weight is 180 g/mol. The number of allylic oxidation sites excluding steroid dienone is 2. The Morgan fingerprint density at radius 1 is 1.38 bits per heavy atom. The van der Waals surface area contributed by atoms with Crippen LogP contribution in [0.15, 0.2) is 12.2 Å². The standard InChI is InChI=1S/C10H13NO2/c12-10-11-9(5-13-10)8-4-6-1-2-7(8)3-6/h1-2,6-9H,3-5H2,(H,11,12)/p+1. The van der Waals surface area contributed by atoms with E-state index in [1.165, 1.54) is 12.8 Å². The fourth-order valence-electron chi connectivity index (χ4n) is 3.01. The Bertz CT molecular complexity index is 274. The molecule has 0 aromatic carbocycles. The van der Waals surface area contributed by atoms with Gasteiger partial charge in [0, 0.05) is 5.92 Å². The van der Waals surface area contributed by atoms with E-state index in [4.69, 9.17) is 4.74 Å². The lowest BCUT2D eigenvalue weighted by Crippen LogP contribution is -2.91. The van der Waals surface area contributed by atoms with Crippen LogP contribution in [0.2, 0.25) is 0 Å². The van der Waals surface area contributed by atoms with Crippen LogP contribution < -0.4 is 5.32 Å². The van der Waals surface area contributed by atoms with Crippen LogP contribution >= 0.6 is 0 Å². The molecule has 1 amide bonds. The van der Waals surface area contributed by atoms with Crippen LogP contribution in [0.5, 0.6) is 0 Å². The summed E-state index contributed by atoms with van der Waals surface area (Å²) in [6.45, 7) is 0.626. The number of primary amides is 1. The smallest absolute Gasteiger partial charge is 0.414 e. The molecule has 3 aliphatic rings. The van der Waals surface area contributed by atoms with Gasteiger partial charge in [0.05, 0.1) is 0 Å². The molecule has 4 unspecified atom stereocenters. The molecule has 13 heavy (non-hydrogen) atoms. The maximum Gasteiger partial charge on any atom is 0.513 e. The predicted octanol–water partition coefficient (Wildman–Crippen LogP) is 0.281. The zero-order chi connectivity index (χ0) is 8.84. The molecule has 1 aliphatic heterocycles. The van der Waals surface area contributed by atoms with Crippen molar-refractivity contribution in [3.8, 4) is 0 Å². The Labute approximate surface area is 77.1 Å². The van der Waals surface area contributed by atoms with Gasteiger partial charge in [-0.3, -0.25) is 0 Å². The highest BCUT2D eigenvalue weighted by atomic mass is 16.6. The number of rotatable bonds is 1. The summed E-state index contributed by atoms with van der Waals surface area (Å²) in [7, 11) is 0. The summed E-state index contributed by atoms with van der Waals surface area (Å²) in [5.41, 5.74) is 0. The number of hydrogen-bond donors (Lipinski definition) is 1. The van der Waals surface area contributed by atoms with Crippen LogP contribution in [-0.2, 0) is 4.74 Å². The highest BCUT2D eigenvalue weighted by Gasteiger charge is 2.45. The molecule has 0 spiro atoms. The minimum Gasteiger partial charge on any atom is -0.414 e. The van der Waals surface area contributed by atoms with Gasteiger partial charge in [-0.2, -0.15) is 4.79 Å². The SMILES string of the molecule is O=C1[NH2+]C(C2CC3C=CC2C3)CO1. The number of nitrogens with two attached hydrogens (primary N) is 1. The van der Waals surface area contributed by atoms with E-state index in [1.54, 1.807) is 5.32 Å². The fourth-order valence-corrected chi connectivity index (χ4v) is 3.01. The number of cyclic esters (lactones) is 1. The third-order valence-corrected chi connectivity index (χ3v) is 3.65. The van der Waals surface area contributed by atoms with Gasteiger partial charge in [-0.15, -0.1) is 0 Å². The van der Waals surface area contributed by atoms with E-state index >= 15 is 0 Å². The first-order chi connectivity index (χ1) is 6.33. The van der Waals surface area contributed by atoms with E-state index in [2.05, 4.69) is 12.2 Å². The van der Waals surface area contributed by atoms with Crippen LogP contribution in [0.3, 0.4) is 0 Å². The molecule has 2 N–H and O–H groups in total. The largest absolute Gasteiger partial charge is 0.513 e. The maximum absolute atomic E-state index is 10.9. The molecule has 3 nitrogen and oxygen atoms in total. The Balaban J connectivity index is 1.73. The number of carbonyl (C=O) groups excluding carboxylic acids is 1. The highest BCUT2D eigenvalue weighted by Crippen LogP contribution is 2.44. The van der Waals surface area contributed by atoms with E-state index in [0.717, 1.165) is 11.8 Å². The summed E-state index contributed by atoms with van der Waals surface area (Å²) >= 11 is 0. The van der Waals surface area contributed by atoms with Crippen LogP contribution in [-0.4, -0.2) is 18.7 Å². The van der Waals surface area contributed by atoms with Gasteiger partial charge >= 0.3 is 6.09 Å². The molecule has 2 bridgehead atoms. The van der Waals surface area contributed by atoms with Gasteiger partial charge in [0.1, 0.15) is 12.6 Å². The van der Waals surface area contributed by atoms with Crippen LogP contribution in [0, 0.1) is 17.8 Å². The second-order valence-corrected chi connectivity index (χ2v) is 4.40. The van der Waals surface area contributed by atoms with Crippen molar-refractivity contribution < 1.29 is 14.8 Å². The van der Waals surface area contributed by atoms with Gasteiger partial charge in [-0.05, 0) is 24.7 Å². The van der Waals surface area contributed by atoms with Gasteiger partial charge in [0.2, 0.25) is 0 Å². The molecule has 1 saturated carbocycles. The molecule has 1 heterocycles. The first-order valence-corrected chi connectivity index (χ1v) is 5.03. The number of amides is 1. The van der Waals surface area contributed by atoms with Crippen LogP contribution in [0.4, 0.5) is 4.79 Å². The van der Waals surface area contributed by atoms with Crippen LogP contribution in [0.25, 0.3) is 0 Å². The second kappa shape index (κ2) is 2.58. The summed E-state index contributed by atoms with van der Waals surface area (Å²) in [4.78, 5) is 10.9. The first-order valence-electron chi connectivity index (χ1n) is 5.03. The molecule has 2 aliphatic carbocycles. The maximum atomic E-state index is 10.9. The third-order valence-electron chi connectivity index (χ3n) is 3.65. The quantitative estimate of drug-likeness (QED) is 0.589. The Hall–Kier alpha value is -0.830. The zero-order valence-corrected chi connectivity index (χ0v) is 7.48. The second-order valence-electron chi connectivity index (χ2n) is 4.40. The first kappa shape index (κ1) is 7.56. The summed E-state index contributed by atoms with van der Waals surface area (Å²) in [5.74, 6) is 2.20. The lowest BCUT2D eigenvalue weighted by atomic mass is 9.87. The number of fused-ring (bicyclic) bond motifs is 2. The Kier molecular flexibility index (Phi) is 1.50. The molecule has 4 atom stereocenters. The van der Waals surface area contributed by atoms with Gasteiger partial charge < -0.3 is 4.74 Å². The van der Waals surface area contributed by atoms with Gasteiger partial charge in [0.25, 0.3) is 0 Å². The lowest BCUT2D eigenvalue weighted by molar-refractivity contribution is -0.589. The number of hydrogen-bond acceptors (Lipinski definition) is 2. The van der Waals surface area contributed by atoms with E-state index < -0.39 is 0 Å². The molecule has 70 valence electrons. The number of ether oxygens (including phenoxy) is 1. The number of quaternary nitrogens is 1. The minimum absolute atomic E-state index is 0.114. The predicted molar refractivity (Wildman–Crippen MR) is 45.9 cm³/mol. The molecular weight excluding hydrogens is 166 g/mol. The van der Waals surface area contributed by atoms with Crippen molar-refractivity contribution in [2.75, 3.05) is 6.61 Å². The third kappa shape index (κ3) is 1.10. The number of carbonyl (C=O) groups is 1. The van der Waals surface area contributed by atoms with Crippen molar-refractivity contribution in [1.82, 2.24) is 0 Å². The van der Waals surface area contributed by atoms with E-state index in [0.29, 0.717) is 18.6 Å². The van der Waals surface area contributed by atoms with E-state index in [9.17, 15) is 4.79 Å². The van der Waals surface area contributed by atoms with Gasteiger partial charge in [-0.25, -0.2) is 5.32 Å². The van der Waals surface area contributed by atoms with Crippen molar-refractivity contribution in [3.05, 3.63) is 12.2 Å². The van der Waals surface area contributed by atoms with E-state index in [-0.39, 0.29) is 6.09 Å². The monoisotopic (exact) mass is 180 g/mol. The summed E-state index contributed by atoms with van der Waals surface area (Å²) in [5, 5.41) is 1.78. The molecule has 3 heteroatoms. The van der Waals surface area contributed by atoms with Crippen molar-refractivity contribution in [3.63, 3.8) is 0 Å². The summed E-state index contributed by atoms with van der Waals surface area (Å²) in [6.07, 6.45) is 7.12. The molecule has 1 saturated heterocycles. The van der Waals surface area contributed by atoms with E-state index in [1.807, 2.05) is 0 Å². The minimum atomic E-state index is -0.114. The van der Waals surface area contributed by atoms with Gasteiger partial charge in [0.15, 0.2) is 0 Å². The molecular formula is C10H14NO2+. The van der Waals surface area contributed by atoms with Crippen molar-refractivity contribution >= 4 is 6.09 Å². The molecule has 0 aromatic heterocycles. The Morgan fingerprint density at radius 2 is 2.31 bits per heavy atom. The summed E-state index contributed by atoms with van der Waals surface area (Å²) < 4.78 is 4.97. The van der Waals surface area contributed by atoms with Crippen LogP contribution in [0.1, 0.15) is 12.8 Å². The highest BCUT2D eigenvalue weighted by molar-refractivity contribution is 5.57. The Morgan fingerprint density at radius 3 is 2.85 bits per heavy atom. The lowest BCUT2D eigenvalue weighted by Gasteiger charge is -2.19. The van der Waals surface area contributed by atoms with Crippen molar-refractivity contribution in [2.45, 2.75) is 18.9 Å². The molecule has 3 rings (SSSR count). The molecule has 0 radical (unpaired) electrons. The fraction of sp³-hybridized carbons (Fsp3) is 0.700. The van der Waals surface area contributed by atoms with Crippen molar-refractivity contribution in [1.29, 1.82) is 0 Å². The molecule has 0 aromatic rings. The normalized spacial score (nSPS) is 47.2. The average Bonchev–Trinajstić information content (AvgIpc) is 2.77. The van der Waals surface area contributed by atoms with Crippen molar-refractivity contribution in [2.24, 2.45) is 17.8 Å². The van der Waals surface area contributed by atoms with Gasteiger partial charge in [-0.1, -0.05) is 12.2 Å². The zero-order valence-electron chi connectivity index (χ0n) is 7.48. The summed E-state index contributed by atoms with van der Waals surface area (Å²) in [6, 6.07) is 0.396.